The van der Waals surface area contributed by atoms with Crippen molar-refractivity contribution in [3.05, 3.63) is 11.3 Å². The number of aliphatic hydroxyl groups is 1. The minimum absolute atomic E-state index is 0.0584. The van der Waals surface area contributed by atoms with Gasteiger partial charge in [0.2, 0.25) is 5.78 Å². The van der Waals surface area contributed by atoms with Crippen LogP contribution in [0, 0.1) is 34.0 Å². The molecule has 3 fully saturated rings. The van der Waals surface area contributed by atoms with Crippen LogP contribution in [0.15, 0.2) is 11.3 Å². The van der Waals surface area contributed by atoms with E-state index in [-0.39, 0.29) is 22.4 Å². The highest BCUT2D eigenvalue weighted by Crippen LogP contribution is 2.66. The summed E-state index contributed by atoms with van der Waals surface area (Å²) in [5.41, 5.74) is 0.329. The first-order valence-corrected chi connectivity index (χ1v) is 9.62. The van der Waals surface area contributed by atoms with E-state index in [2.05, 4.69) is 13.8 Å². The zero-order valence-electron chi connectivity index (χ0n) is 15.4. The second-order valence-corrected chi connectivity index (χ2v) is 9.97. The molecule has 0 aliphatic heterocycles. The van der Waals surface area contributed by atoms with Gasteiger partial charge in [-0.15, -0.1) is 0 Å². The highest BCUT2D eigenvalue weighted by atomic mass is 16.3. The summed E-state index contributed by atoms with van der Waals surface area (Å²) in [7, 11) is 0. The van der Waals surface area contributed by atoms with Crippen molar-refractivity contribution in [2.24, 2.45) is 34.0 Å². The number of carbonyl (C=O) groups is 2. The number of carbonyl (C=O) groups excluding carboxylic acids is 2. The molecular weight excluding hydrogens is 300 g/mol. The Morgan fingerprint density at radius 1 is 0.917 bits per heavy atom. The summed E-state index contributed by atoms with van der Waals surface area (Å²) in [6, 6.07) is 0. The van der Waals surface area contributed by atoms with E-state index in [1.807, 2.05) is 13.8 Å². The third-order valence-electron chi connectivity index (χ3n) is 8.31. The number of aliphatic hydroxyl groups excluding tert-OH is 1. The summed E-state index contributed by atoms with van der Waals surface area (Å²) >= 11 is 0. The Bertz CT molecular complexity index is 658. The maximum atomic E-state index is 12.5. The maximum absolute atomic E-state index is 12.5. The van der Waals surface area contributed by atoms with E-state index in [1.165, 1.54) is 0 Å². The van der Waals surface area contributed by atoms with Crippen molar-refractivity contribution < 1.29 is 14.7 Å². The van der Waals surface area contributed by atoms with Crippen LogP contribution in [0.25, 0.3) is 0 Å². The van der Waals surface area contributed by atoms with Gasteiger partial charge in [-0.2, -0.15) is 0 Å². The molecule has 1 N–H and O–H groups in total. The molecule has 4 aliphatic rings. The van der Waals surface area contributed by atoms with Gasteiger partial charge < -0.3 is 5.11 Å². The molecule has 0 aromatic rings. The van der Waals surface area contributed by atoms with Crippen LogP contribution in [0.3, 0.4) is 0 Å². The van der Waals surface area contributed by atoms with Crippen molar-refractivity contribution >= 4 is 11.6 Å². The number of rotatable bonds is 0. The fraction of sp³-hybridized carbons (Fsp3) is 0.810. The summed E-state index contributed by atoms with van der Waals surface area (Å²) in [6.07, 6.45) is 6.51. The SMILES string of the molecule is CC1(C)C[C@@]2(C)C(=C(O)C1=O)CC[C@@H]1[C@H]2CC[C@]2(C)C(=O)CC[C@@H]12. The van der Waals surface area contributed by atoms with E-state index < -0.39 is 5.41 Å². The van der Waals surface area contributed by atoms with Crippen LogP contribution < -0.4 is 0 Å². The molecule has 0 bridgehead atoms. The van der Waals surface area contributed by atoms with Crippen LogP contribution in [0.5, 0.6) is 0 Å². The quantitative estimate of drug-likeness (QED) is 0.705. The standard InChI is InChI=1S/C21H30O3/c1-19(2)11-21(4)14-9-10-20(3)13(7-8-16(20)22)12(14)5-6-15(21)17(23)18(19)24/h12-14,23H,5-11H2,1-4H3/t12-,13-,14+,20-,21+/m0/s1. The van der Waals surface area contributed by atoms with Gasteiger partial charge in [0.1, 0.15) is 5.78 Å². The topological polar surface area (TPSA) is 54.4 Å². The molecule has 0 spiro atoms. The molecule has 0 aromatic carbocycles. The molecule has 0 aromatic heterocycles. The van der Waals surface area contributed by atoms with Crippen LogP contribution >= 0.6 is 0 Å². The third kappa shape index (κ3) is 1.84. The molecule has 4 aliphatic carbocycles. The van der Waals surface area contributed by atoms with Crippen LogP contribution in [-0.4, -0.2) is 16.7 Å². The van der Waals surface area contributed by atoms with Gasteiger partial charge in [0.05, 0.1) is 0 Å². The van der Waals surface area contributed by atoms with Crippen molar-refractivity contribution in [3.8, 4) is 0 Å². The van der Waals surface area contributed by atoms with Crippen molar-refractivity contribution in [1.29, 1.82) is 0 Å². The molecule has 5 atom stereocenters. The monoisotopic (exact) mass is 330 g/mol. The zero-order chi connectivity index (χ0) is 17.5. The zero-order valence-corrected chi connectivity index (χ0v) is 15.4. The molecular formula is C21H30O3. The Morgan fingerprint density at radius 2 is 1.58 bits per heavy atom. The molecule has 3 heteroatoms. The lowest BCUT2D eigenvalue weighted by Gasteiger charge is -2.58. The second kappa shape index (κ2) is 4.74. The largest absolute Gasteiger partial charge is 0.504 e. The molecule has 0 saturated heterocycles. The molecule has 0 amide bonds. The number of fused-ring (bicyclic) bond motifs is 5. The lowest BCUT2D eigenvalue weighted by molar-refractivity contribution is -0.136. The summed E-state index contributed by atoms with van der Waals surface area (Å²) < 4.78 is 0. The lowest BCUT2D eigenvalue weighted by atomic mass is 9.45. The van der Waals surface area contributed by atoms with Gasteiger partial charge in [-0.3, -0.25) is 9.59 Å². The van der Waals surface area contributed by atoms with Crippen molar-refractivity contribution in [2.75, 3.05) is 0 Å². The van der Waals surface area contributed by atoms with Gasteiger partial charge >= 0.3 is 0 Å². The summed E-state index contributed by atoms with van der Waals surface area (Å²) in [6.45, 7) is 8.43. The van der Waals surface area contributed by atoms with E-state index in [1.54, 1.807) is 0 Å². The van der Waals surface area contributed by atoms with E-state index >= 15 is 0 Å². The Kier molecular flexibility index (Phi) is 3.23. The second-order valence-electron chi connectivity index (χ2n) is 9.97. The molecule has 24 heavy (non-hydrogen) atoms. The van der Waals surface area contributed by atoms with Gasteiger partial charge in [0, 0.05) is 17.3 Å². The molecule has 0 radical (unpaired) electrons. The third-order valence-corrected chi connectivity index (χ3v) is 8.31. The molecule has 3 saturated carbocycles. The summed E-state index contributed by atoms with van der Waals surface area (Å²) in [4.78, 5) is 25.0. The van der Waals surface area contributed by atoms with Gasteiger partial charge in [0.25, 0.3) is 0 Å². The maximum Gasteiger partial charge on any atom is 0.202 e. The Balaban J connectivity index is 1.77. The van der Waals surface area contributed by atoms with E-state index in [9.17, 15) is 14.7 Å². The average molecular weight is 330 g/mol. The van der Waals surface area contributed by atoms with Crippen LogP contribution in [0.1, 0.15) is 72.6 Å². The first-order valence-electron chi connectivity index (χ1n) is 9.62. The minimum atomic E-state index is -0.490. The van der Waals surface area contributed by atoms with Crippen LogP contribution in [-0.2, 0) is 9.59 Å². The first kappa shape index (κ1) is 16.4. The molecule has 0 heterocycles. The van der Waals surface area contributed by atoms with Gasteiger partial charge in [0.15, 0.2) is 5.76 Å². The van der Waals surface area contributed by atoms with Crippen molar-refractivity contribution in [1.82, 2.24) is 0 Å². The number of hydrogen-bond donors (Lipinski definition) is 1. The highest BCUT2D eigenvalue weighted by molar-refractivity contribution is 5.99. The molecule has 4 rings (SSSR count). The van der Waals surface area contributed by atoms with Crippen molar-refractivity contribution in [3.63, 3.8) is 0 Å². The Labute approximate surface area is 144 Å². The van der Waals surface area contributed by atoms with Gasteiger partial charge in [-0.05, 0) is 67.3 Å². The van der Waals surface area contributed by atoms with Crippen LogP contribution in [0.2, 0.25) is 0 Å². The van der Waals surface area contributed by atoms with E-state index in [4.69, 9.17) is 0 Å². The number of hydrogen-bond acceptors (Lipinski definition) is 3. The van der Waals surface area contributed by atoms with Gasteiger partial charge in [-0.1, -0.05) is 27.7 Å². The van der Waals surface area contributed by atoms with E-state index in [0.717, 1.165) is 50.5 Å². The average Bonchev–Trinajstić information content (AvgIpc) is 2.80. The first-order chi connectivity index (χ1) is 11.1. The predicted octanol–water partition coefficient (Wildman–Crippen LogP) is 4.61. The summed E-state index contributed by atoms with van der Waals surface area (Å²) in [5, 5.41) is 10.6. The Hall–Kier alpha value is -1.12. The number of allylic oxidation sites excluding steroid dienone is 1. The summed E-state index contributed by atoms with van der Waals surface area (Å²) in [5.74, 6) is 2.03. The lowest BCUT2D eigenvalue weighted by Crippen LogP contribution is -2.53. The fourth-order valence-corrected chi connectivity index (χ4v) is 7.16. The highest BCUT2D eigenvalue weighted by Gasteiger charge is 2.61. The number of Topliss-reactive ketones (excluding diaryl/α,β-unsaturated/α-hetero) is 2. The van der Waals surface area contributed by atoms with Gasteiger partial charge in [-0.25, -0.2) is 0 Å². The Morgan fingerprint density at radius 3 is 2.29 bits per heavy atom. The smallest absolute Gasteiger partial charge is 0.202 e. The number of ketones is 2. The predicted molar refractivity (Wildman–Crippen MR) is 92.5 cm³/mol. The van der Waals surface area contributed by atoms with Crippen LogP contribution in [0.4, 0.5) is 0 Å². The minimum Gasteiger partial charge on any atom is -0.504 e. The fourth-order valence-electron chi connectivity index (χ4n) is 7.16. The normalized spacial score (nSPS) is 47.2. The molecule has 3 nitrogen and oxygen atoms in total. The van der Waals surface area contributed by atoms with E-state index in [0.29, 0.717) is 23.5 Å². The molecule has 132 valence electrons. The van der Waals surface area contributed by atoms with Crippen molar-refractivity contribution in [2.45, 2.75) is 72.6 Å². The molecule has 0 unspecified atom stereocenters.